The van der Waals surface area contributed by atoms with Crippen LogP contribution in [-0.4, -0.2) is 44.6 Å². The van der Waals surface area contributed by atoms with Crippen molar-refractivity contribution in [3.63, 3.8) is 0 Å². The lowest BCUT2D eigenvalue weighted by molar-refractivity contribution is -0.0162. The Morgan fingerprint density at radius 3 is 2.71 bits per heavy atom. The van der Waals surface area contributed by atoms with Crippen molar-refractivity contribution in [1.29, 1.82) is 5.26 Å². The topological polar surface area (TPSA) is 90.1 Å². The fraction of sp³-hybridized carbons (Fsp3) is 0.250. The lowest BCUT2D eigenvalue weighted by Gasteiger charge is -2.38. The molecule has 1 aliphatic heterocycles. The highest BCUT2D eigenvalue weighted by molar-refractivity contribution is 6.00. The summed E-state index contributed by atoms with van der Waals surface area (Å²) < 4.78 is 13.9. The minimum absolute atomic E-state index is 0.220. The smallest absolute Gasteiger partial charge is 0.254 e. The molecule has 0 radical (unpaired) electrons. The Balaban J connectivity index is 1.49. The standard InChI is InChI=1S/C24H21FN4O2/c25-19-4-5-20(21(13-19)22-6-9-27-16-28-22)23(30)29-10-7-24(31,8-11-29)14-17-2-1-3-18(12-17)15-26/h1-6,9,12-13,16,31H,7-8,10-11,14H2. The minimum atomic E-state index is -0.941. The van der Waals surface area contributed by atoms with Crippen LogP contribution in [0.5, 0.6) is 0 Å². The van der Waals surface area contributed by atoms with Gasteiger partial charge in [0, 0.05) is 36.8 Å². The molecule has 0 saturated carbocycles. The second kappa shape index (κ2) is 8.62. The molecule has 3 aromatic rings. The summed E-state index contributed by atoms with van der Waals surface area (Å²) in [5, 5.41) is 20.1. The van der Waals surface area contributed by atoms with E-state index in [0.717, 1.165) is 5.56 Å². The molecule has 156 valence electrons. The molecule has 6 nitrogen and oxygen atoms in total. The summed E-state index contributed by atoms with van der Waals surface area (Å²) in [7, 11) is 0. The molecule has 7 heteroatoms. The van der Waals surface area contributed by atoms with E-state index in [0.29, 0.717) is 54.7 Å². The molecule has 1 saturated heterocycles. The number of aliphatic hydroxyl groups is 1. The molecule has 2 aromatic carbocycles. The number of hydrogen-bond acceptors (Lipinski definition) is 5. The number of halogens is 1. The van der Waals surface area contributed by atoms with Gasteiger partial charge in [-0.1, -0.05) is 12.1 Å². The van der Waals surface area contributed by atoms with Gasteiger partial charge in [0.15, 0.2) is 0 Å². The number of benzene rings is 2. The molecule has 31 heavy (non-hydrogen) atoms. The minimum Gasteiger partial charge on any atom is -0.389 e. The normalized spacial score (nSPS) is 15.3. The Morgan fingerprint density at radius 1 is 1.19 bits per heavy atom. The molecule has 0 atom stereocenters. The van der Waals surface area contributed by atoms with E-state index < -0.39 is 11.4 Å². The summed E-state index contributed by atoms with van der Waals surface area (Å²) in [6.45, 7) is 0.766. The first-order valence-electron chi connectivity index (χ1n) is 10.0. The van der Waals surface area contributed by atoms with E-state index in [1.54, 1.807) is 35.4 Å². The number of piperidine rings is 1. The van der Waals surface area contributed by atoms with E-state index in [9.17, 15) is 14.3 Å². The Bertz CT molecular complexity index is 1140. The van der Waals surface area contributed by atoms with Crippen LogP contribution < -0.4 is 0 Å². The molecule has 4 rings (SSSR count). The van der Waals surface area contributed by atoms with E-state index in [-0.39, 0.29) is 5.91 Å². The van der Waals surface area contributed by atoms with Gasteiger partial charge in [-0.2, -0.15) is 5.26 Å². The molecular weight excluding hydrogens is 395 g/mol. The highest BCUT2D eigenvalue weighted by Gasteiger charge is 2.35. The molecule has 1 N–H and O–H groups in total. The molecule has 1 amide bonds. The largest absolute Gasteiger partial charge is 0.389 e. The zero-order valence-corrected chi connectivity index (χ0v) is 16.8. The molecule has 1 aliphatic rings. The third kappa shape index (κ3) is 4.60. The third-order valence-electron chi connectivity index (χ3n) is 5.64. The van der Waals surface area contributed by atoms with Crippen LogP contribution in [0.15, 0.2) is 61.1 Å². The van der Waals surface area contributed by atoms with Crippen molar-refractivity contribution in [2.24, 2.45) is 0 Å². The monoisotopic (exact) mass is 416 g/mol. The number of rotatable bonds is 4. The second-order valence-corrected chi connectivity index (χ2v) is 7.79. The maximum Gasteiger partial charge on any atom is 0.254 e. The molecule has 0 unspecified atom stereocenters. The maximum atomic E-state index is 13.9. The quantitative estimate of drug-likeness (QED) is 0.704. The number of hydrogen-bond donors (Lipinski definition) is 1. The van der Waals surface area contributed by atoms with E-state index in [2.05, 4.69) is 16.0 Å². The summed E-state index contributed by atoms with van der Waals surface area (Å²) in [5.41, 5.74) is 1.77. The predicted molar refractivity (Wildman–Crippen MR) is 112 cm³/mol. The van der Waals surface area contributed by atoms with Crippen molar-refractivity contribution < 1.29 is 14.3 Å². The summed E-state index contributed by atoms with van der Waals surface area (Å²) in [6, 6.07) is 15.0. The van der Waals surface area contributed by atoms with Crippen molar-refractivity contribution in [2.45, 2.75) is 24.9 Å². The van der Waals surface area contributed by atoms with Crippen molar-refractivity contribution >= 4 is 5.91 Å². The van der Waals surface area contributed by atoms with Crippen molar-refractivity contribution in [3.05, 3.63) is 83.6 Å². The van der Waals surface area contributed by atoms with Gasteiger partial charge < -0.3 is 10.0 Å². The third-order valence-corrected chi connectivity index (χ3v) is 5.64. The molecule has 1 fully saturated rings. The average molecular weight is 416 g/mol. The number of aromatic nitrogens is 2. The molecule has 0 spiro atoms. The highest BCUT2D eigenvalue weighted by atomic mass is 19.1. The van der Waals surface area contributed by atoms with E-state index >= 15 is 0 Å². The average Bonchev–Trinajstić information content (AvgIpc) is 2.79. The molecule has 2 heterocycles. The first kappa shape index (κ1) is 20.6. The molecule has 0 bridgehead atoms. The number of nitrogens with zero attached hydrogens (tertiary/aromatic N) is 4. The van der Waals surface area contributed by atoms with Gasteiger partial charge in [0.1, 0.15) is 12.1 Å². The summed E-state index contributed by atoms with van der Waals surface area (Å²) >= 11 is 0. The van der Waals surface area contributed by atoms with Crippen molar-refractivity contribution in [2.75, 3.05) is 13.1 Å². The van der Waals surface area contributed by atoms with Crippen LogP contribution in [0.1, 0.15) is 34.3 Å². The first-order chi connectivity index (χ1) is 15.0. The molecular formula is C24H21FN4O2. The van der Waals surface area contributed by atoms with Crippen LogP contribution >= 0.6 is 0 Å². The summed E-state index contributed by atoms with van der Waals surface area (Å²) in [5.74, 6) is -0.667. The molecule has 1 aromatic heterocycles. The SMILES string of the molecule is N#Cc1cccc(CC2(O)CCN(C(=O)c3ccc(F)cc3-c3ccncn3)CC2)c1. The maximum absolute atomic E-state index is 13.9. The Kier molecular flexibility index (Phi) is 5.74. The van der Waals surface area contributed by atoms with Crippen LogP contribution in [0.3, 0.4) is 0 Å². The van der Waals surface area contributed by atoms with Crippen LogP contribution in [0.4, 0.5) is 4.39 Å². The second-order valence-electron chi connectivity index (χ2n) is 7.79. The van der Waals surface area contributed by atoms with Crippen LogP contribution in [-0.2, 0) is 6.42 Å². The first-order valence-corrected chi connectivity index (χ1v) is 10.0. The fourth-order valence-electron chi connectivity index (χ4n) is 3.97. The van der Waals surface area contributed by atoms with Crippen LogP contribution in [0.25, 0.3) is 11.3 Å². The highest BCUT2D eigenvalue weighted by Crippen LogP contribution is 2.29. The number of nitriles is 1. The van der Waals surface area contributed by atoms with Gasteiger partial charge in [0.05, 0.1) is 22.9 Å². The van der Waals surface area contributed by atoms with E-state index in [1.807, 2.05) is 6.07 Å². The van der Waals surface area contributed by atoms with Gasteiger partial charge in [-0.05, 0) is 54.8 Å². The zero-order valence-electron chi connectivity index (χ0n) is 16.8. The van der Waals surface area contributed by atoms with Crippen LogP contribution in [0, 0.1) is 17.1 Å². The number of carbonyl (C=O) groups excluding carboxylic acids is 1. The van der Waals surface area contributed by atoms with Crippen molar-refractivity contribution in [3.8, 4) is 17.3 Å². The van der Waals surface area contributed by atoms with Gasteiger partial charge in [-0.3, -0.25) is 4.79 Å². The van der Waals surface area contributed by atoms with E-state index in [1.165, 1.54) is 24.5 Å². The lowest BCUT2D eigenvalue weighted by Crippen LogP contribution is -2.47. The van der Waals surface area contributed by atoms with Gasteiger partial charge >= 0.3 is 0 Å². The summed E-state index contributed by atoms with van der Waals surface area (Å²) in [6.07, 6.45) is 4.16. The Morgan fingerprint density at radius 2 is 2.00 bits per heavy atom. The van der Waals surface area contributed by atoms with Gasteiger partial charge in [-0.15, -0.1) is 0 Å². The summed E-state index contributed by atoms with van der Waals surface area (Å²) in [4.78, 5) is 22.9. The molecule has 0 aliphatic carbocycles. The fourth-order valence-corrected chi connectivity index (χ4v) is 3.97. The van der Waals surface area contributed by atoms with Crippen LogP contribution in [0.2, 0.25) is 0 Å². The van der Waals surface area contributed by atoms with Gasteiger partial charge in [-0.25, -0.2) is 14.4 Å². The number of likely N-dealkylation sites (tertiary alicyclic amines) is 1. The van der Waals surface area contributed by atoms with Crippen molar-refractivity contribution in [1.82, 2.24) is 14.9 Å². The Hall–Kier alpha value is -3.63. The lowest BCUT2D eigenvalue weighted by atomic mass is 9.84. The number of amides is 1. The number of carbonyl (C=O) groups is 1. The van der Waals surface area contributed by atoms with Gasteiger partial charge in [0.25, 0.3) is 5.91 Å². The van der Waals surface area contributed by atoms with Gasteiger partial charge in [0.2, 0.25) is 0 Å². The van der Waals surface area contributed by atoms with E-state index in [4.69, 9.17) is 5.26 Å². The predicted octanol–water partition coefficient (Wildman–Crippen LogP) is 3.36. The zero-order chi connectivity index (χ0) is 21.8. The Labute approximate surface area is 179 Å².